The molecule has 0 radical (unpaired) electrons. The fraction of sp³-hybridized carbons (Fsp3) is 0. The smallest absolute Gasteiger partial charge is 0.353 e. The summed E-state index contributed by atoms with van der Waals surface area (Å²) in [6.45, 7) is 0. The van der Waals surface area contributed by atoms with Gasteiger partial charge in [0.05, 0.1) is 15.1 Å². The van der Waals surface area contributed by atoms with Gasteiger partial charge in [-0.1, -0.05) is 41.7 Å². The van der Waals surface area contributed by atoms with E-state index in [9.17, 15) is 10.1 Å². The van der Waals surface area contributed by atoms with Gasteiger partial charge in [0.2, 0.25) is 11.6 Å². The van der Waals surface area contributed by atoms with Gasteiger partial charge < -0.3 is 15.4 Å². The molecule has 0 bridgehead atoms. The van der Waals surface area contributed by atoms with Crippen molar-refractivity contribution in [1.82, 2.24) is 15.0 Å². The first kappa shape index (κ1) is 20.3. The number of para-hydroxylation sites is 2. The molecule has 0 atom stereocenters. The Hall–Kier alpha value is -4.57. The van der Waals surface area contributed by atoms with Gasteiger partial charge in [0.15, 0.2) is 5.13 Å². The summed E-state index contributed by atoms with van der Waals surface area (Å²) in [4.78, 5) is 23.9. The first-order valence-electron chi connectivity index (χ1n) is 9.88. The summed E-state index contributed by atoms with van der Waals surface area (Å²) in [5.74, 6) is 1.48. The maximum atomic E-state index is 11.9. The van der Waals surface area contributed by atoms with Gasteiger partial charge >= 0.3 is 5.69 Å². The molecule has 9 nitrogen and oxygen atoms in total. The van der Waals surface area contributed by atoms with Gasteiger partial charge in [-0.3, -0.25) is 10.1 Å². The Morgan fingerprint density at radius 2 is 1.48 bits per heavy atom. The molecule has 0 aliphatic carbocycles. The molecule has 3 aromatic carbocycles. The minimum Gasteiger partial charge on any atom is -0.457 e. The molecule has 2 heterocycles. The molecule has 0 unspecified atom stereocenters. The summed E-state index contributed by atoms with van der Waals surface area (Å²) in [6, 6.07) is 24.1. The second-order valence-corrected chi connectivity index (χ2v) is 7.88. The van der Waals surface area contributed by atoms with Gasteiger partial charge in [-0.15, -0.1) is 0 Å². The second-order valence-electron chi connectivity index (χ2n) is 6.85. The second kappa shape index (κ2) is 8.89. The summed E-state index contributed by atoms with van der Waals surface area (Å²) >= 11 is 1.39. The van der Waals surface area contributed by atoms with Crippen molar-refractivity contribution >= 4 is 49.7 Å². The number of anilines is 4. The standard InChI is InChI=1S/C23H16N6O3S/c30-29(31)20-21(26-15-10-12-17(13-11-15)32-16-6-2-1-3-7-16)24-14-25-22(20)28-23-27-18-8-4-5-9-19(18)33-23/h1-14H,(H2,24,25,26,27,28). The molecule has 0 saturated heterocycles. The average Bonchev–Trinajstić information content (AvgIpc) is 3.23. The molecule has 33 heavy (non-hydrogen) atoms. The number of nitro groups is 1. The molecule has 5 aromatic rings. The van der Waals surface area contributed by atoms with Gasteiger partial charge in [0.1, 0.15) is 17.8 Å². The monoisotopic (exact) mass is 456 g/mol. The molecule has 162 valence electrons. The molecule has 0 saturated carbocycles. The Labute approximate surface area is 191 Å². The van der Waals surface area contributed by atoms with E-state index < -0.39 is 4.92 Å². The number of hydrogen-bond acceptors (Lipinski definition) is 9. The first-order chi connectivity index (χ1) is 16.2. The van der Waals surface area contributed by atoms with Gasteiger partial charge in [-0.2, -0.15) is 0 Å². The maximum Gasteiger partial charge on any atom is 0.353 e. The Morgan fingerprint density at radius 1 is 0.818 bits per heavy atom. The number of hydrogen-bond donors (Lipinski definition) is 2. The molecule has 5 rings (SSSR count). The van der Waals surface area contributed by atoms with Crippen LogP contribution in [-0.4, -0.2) is 19.9 Å². The van der Waals surface area contributed by atoms with Gasteiger partial charge in [-0.05, 0) is 48.5 Å². The molecular weight excluding hydrogens is 440 g/mol. The van der Waals surface area contributed by atoms with E-state index in [1.54, 1.807) is 24.3 Å². The van der Waals surface area contributed by atoms with Crippen molar-refractivity contribution in [1.29, 1.82) is 0 Å². The summed E-state index contributed by atoms with van der Waals surface area (Å²) < 4.78 is 6.74. The number of fused-ring (bicyclic) bond motifs is 1. The van der Waals surface area contributed by atoms with E-state index in [0.29, 0.717) is 16.6 Å². The minimum atomic E-state index is -0.523. The average molecular weight is 456 g/mol. The zero-order valence-corrected chi connectivity index (χ0v) is 17.8. The largest absolute Gasteiger partial charge is 0.457 e. The van der Waals surface area contributed by atoms with E-state index >= 15 is 0 Å². The highest BCUT2D eigenvalue weighted by atomic mass is 32.1. The summed E-state index contributed by atoms with van der Waals surface area (Å²) in [6.07, 6.45) is 1.26. The lowest BCUT2D eigenvalue weighted by atomic mass is 10.3. The van der Waals surface area contributed by atoms with Crippen LogP contribution >= 0.6 is 11.3 Å². The third-order valence-electron chi connectivity index (χ3n) is 4.62. The van der Waals surface area contributed by atoms with Crippen LogP contribution in [0.3, 0.4) is 0 Å². The van der Waals surface area contributed by atoms with Crippen molar-refractivity contribution < 1.29 is 9.66 Å². The van der Waals surface area contributed by atoms with Crippen LogP contribution < -0.4 is 15.4 Å². The summed E-state index contributed by atoms with van der Waals surface area (Å²) in [5.41, 5.74) is 1.14. The Balaban J connectivity index is 1.38. The Kier molecular flexibility index (Phi) is 5.48. The van der Waals surface area contributed by atoms with Gasteiger partial charge in [0.25, 0.3) is 0 Å². The van der Waals surface area contributed by atoms with Crippen LogP contribution in [0.15, 0.2) is 85.2 Å². The van der Waals surface area contributed by atoms with E-state index in [1.165, 1.54) is 17.7 Å². The molecule has 0 aliphatic heterocycles. The minimum absolute atomic E-state index is 0.0561. The van der Waals surface area contributed by atoms with Crippen LogP contribution in [0.1, 0.15) is 0 Å². The highest BCUT2D eigenvalue weighted by Gasteiger charge is 2.24. The van der Waals surface area contributed by atoms with Crippen molar-refractivity contribution in [3.8, 4) is 11.5 Å². The highest BCUT2D eigenvalue weighted by Crippen LogP contribution is 2.35. The topological polar surface area (TPSA) is 115 Å². The molecule has 2 N–H and O–H groups in total. The lowest BCUT2D eigenvalue weighted by Gasteiger charge is -2.10. The molecule has 0 spiro atoms. The van der Waals surface area contributed by atoms with Crippen LogP contribution in [-0.2, 0) is 0 Å². The SMILES string of the molecule is O=[N+]([O-])c1c(Nc2ccc(Oc3ccccc3)cc2)ncnc1Nc1nc2ccccc2s1. The number of ether oxygens (including phenoxy) is 1. The Bertz CT molecular complexity index is 1390. The Morgan fingerprint density at radius 3 is 2.21 bits per heavy atom. The number of nitrogens with one attached hydrogen (secondary N) is 2. The van der Waals surface area contributed by atoms with Crippen molar-refractivity contribution in [2.75, 3.05) is 10.6 Å². The van der Waals surface area contributed by atoms with Crippen LogP contribution in [0.5, 0.6) is 11.5 Å². The number of aromatic nitrogens is 3. The molecule has 10 heteroatoms. The van der Waals surface area contributed by atoms with Crippen LogP contribution in [0.25, 0.3) is 10.2 Å². The van der Waals surface area contributed by atoms with Gasteiger partial charge in [-0.25, -0.2) is 15.0 Å². The van der Waals surface area contributed by atoms with E-state index in [-0.39, 0.29) is 17.3 Å². The lowest BCUT2D eigenvalue weighted by molar-refractivity contribution is -0.383. The van der Waals surface area contributed by atoms with E-state index in [0.717, 1.165) is 16.0 Å². The van der Waals surface area contributed by atoms with Crippen LogP contribution in [0.2, 0.25) is 0 Å². The third kappa shape index (κ3) is 4.55. The normalized spacial score (nSPS) is 10.7. The molecule has 0 aliphatic rings. The van der Waals surface area contributed by atoms with Crippen molar-refractivity contribution in [2.45, 2.75) is 0 Å². The van der Waals surface area contributed by atoms with Crippen molar-refractivity contribution in [2.24, 2.45) is 0 Å². The number of benzene rings is 3. The van der Waals surface area contributed by atoms with Crippen LogP contribution in [0.4, 0.5) is 28.1 Å². The number of thiazole rings is 1. The number of nitrogens with zero attached hydrogens (tertiary/aromatic N) is 4. The van der Waals surface area contributed by atoms with E-state index in [1.807, 2.05) is 54.6 Å². The fourth-order valence-electron chi connectivity index (χ4n) is 3.13. The summed E-state index contributed by atoms with van der Waals surface area (Å²) in [5, 5.41) is 18.3. The van der Waals surface area contributed by atoms with Crippen molar-refractivity contribution in [3.63, 3.8) is 0 Å². The zero-order chi connectivity index (χ0) is 22.6. The highest BCUT2D eigenvalue weighted by molar-refractivity contribution is 7.22. The quantitative estimate of drug-likeness (QED) is 0.217. The fourth-order valence-corrected chi connectivity index (χ4v) is 3.99. The predicted octanol–water partition coefficient (Wildman–Crippen LogP) is 6.27. The first-order valence-corrected chi connectivity index (χ1v) is 10.7. The third-order valence-corrected chi connectivity index (χ3v) is 5.57. The van der Waals surface area contributed by atoms with E-state index in [4.69, 9.17) is 4.74 Å². The van der Waals surface area contributed by atoms with Crippen molar-refractivity contribution in [3.05, 3.63) is 95.3 Å². The molecule has 0 amide bonds. The number of rotatable bonds is 7. The predicted molar refractivity (Wildman–Crippen MR) is 128 cm³/mol. The van der Waals surface area contributed by atoms with Crippen LogP contribution in [0, 0.1) is 10.1 Å². The zero-order valence-electron chi connectivity index (χ0n) is 17.0. The van der Waals surface area contributed by atoms with Gasteiger partial charge in [0, 0.05) is 5.69 Å². The molecular formula is C23H16N6O3S. The van der Waals surface area contributed by atoms with E-state index in [2.05, 4.69) is 25.6 Å². The molecule has 2 aromatic heterocycles. The maximum absolute atomic E-state index is 11.9. The lowest BCUT2D eigenvalue weighted by Crippen LogP contribution is -2.05. The molecule has 0 fully saturated rings. The summed E-state index contributed by atoms with van der Waals surface area (Å²) in [7, 11) is 0.